The number of hydrogen-bond acceptors (Lipinski definition) is 1. The minimum atomic E-state index is 1.05. The lowest BCUT2D eigenvalue weighted by Crippen LogP contribution is -1.84. The molecule has 0 saturated heterocycles. The topological polar surface area (TPSA) is 12.9 Å². The van der Waals surface area contributed by atoms with Gasteiger partial charge in [0, 0.05) is 11.8 Å². The molecule has 1 heterocycles. The molecule has 0 spiro atoms. The first-order valence-electron chi connectivity index (χ1n) is 5.75. The van der Waals surface area contributed by atoms with Crippen LogP contribution in [0, 0.1) is 13.8 Å². The van der Waals surface area contributed by atoms with Crippen LogP contribution in [0.4, 0.5) is 0 Å². The molecule has 0 unspecified atom stereocenters. The van der Waals surface area contributed by atoms with E-state index < -0.39 is 0 Å². The quantitative estimate of drug-likeness (QED) is 0.684. The van der Waals surface area contributed by atoms with Crippen molar-refractivity contribution in [3.05, 3.63) is 53.7 Å². The molecule has 0 bridgehead atoms. The number of benzene rings is 1. The Hall–Kier alpha value is -1.63. The molecule has 0 aliphatic carbocycles. The standard InChI is InChI=1S/C13H13N.C2H6/c1-10-3-5-12(6-4-10)13-9-11(2)7-8-14-13;1-2/h3-9H,1-2H3;1-2H3. The summed E-state index contributed by atoms with van der Waals surface area (Å²) in [4.78, 5) is 4.34. The second kappa shape index (κ2) is 6.06. The van der Waals surface area contributed by atoms with Gasteiger partial charge in [-0.15, -0.1) is 0 Å². The fourth-order valence-corrected chi connectivity index (χ4v) is 1.42. The van der Waals surface area contributed by atoms with Gasteiger partial charge in [-0.05, 0) is 31.5 Å². The minimum absolute atomic E-state index is 1.05. The summed E-state index contributed by atoms with van der Waals surface area (Å²) in [7, 11) is 0. The Morgan fingerprint density at radius 2 is 1.44 bits per heavy atom. The molecule has 16 heavy (non-hydrogen) atoms. The maximum Gasteiger partial charge on any atom is 0.0704 e. The average Bonchev–Trinajstić information content (AvgIpc) is 2.32. The van der Waals surface area contributed by atoms with E-state index in [1.807, 2.05) is 26.1 Å². The van der Waals surface area contributed by atoms with Crippen LogP contribution in [0.3, 0.4) is 0 Å². The van der Waals surface area contributed by atoms with Gasteiger partial charge in [-0.25, -0.2) is 0 Å². The van der Waals surface area contributed by atoms with Gasteiger partial charge in [-0.2, -0.15) is 0 Å². The molecule has 0 saturated carbocycles. The van der Waals surface area contributed by atoms with E-state index in [1.165, 1.54) is 16.7 Å². The number of hydrogen-bond donors (Lipinski definition) is 0. The van der Waals surface area contributed by atoms with Crippen LogP contribution in [0.5, 0.6) is 0 Å². The molecule has 0 aliphatic heterocycles. The first kappa shape index (κ1) is 12.4. The smallest absolute Gasteiger partial charge is 0.0704 e. The minimum Gasteiger partial charge on any atom is -0.256 e. The van der Waals surface area contributed by atoms with Crippen molar-refractivity contribution in [2.75, 3.05) is 0 Å². The predicted molar refractivity (Wildman–Crippen MR) is 70.5 cm³/mol. The second-order valence-corrected chi connectivity index (χ2v) is 3.58. The van der Waals surface area contributed by atoms with Gasteiger partial charge >= 0.3 is 0 Å². The number of pyridine rings is 1. The molecule has 0 fully saturated rings. The Bertz CT molecular complexity index is 429. The Kier molecular flexibility index (Phi) is 4.71. The Balaban J connectivity index is 0.000000606. The highest BCUT2D eigenvalue weighted by Crippen LogP contribution is 2.17. The van der Waals surface area contributed by atoms with Gasteiger partial charge in [-0.3, -0.25) is 4.98 Å². The molecular weight excluding hydrogens is 194 g/mol. The van der Waals surface area contributed by atoms with Gasteiger partial charge in [0.15, 0.2) is 0 Å². The van der Waals surface area contributed by atoms with Crippen molar-refractivity contribution < 1.29 is 0 Å². The van der Waals surface area contributed by atoms with Gasteiger partial charge < -0.3 is 0 Å². The van der Waals surface area contributed by atoms with Gasteiger partial charge in [0.25, 0.3) is 0 Å². The highest BCUT2D eigenvalue weighted by Gasteiger charge is 1.97. The lowest BCUT2D eigenvalue weighted by atomic mass is 10.1. The van der Waals surface area contributed by atoms with Crippen LogP contribution in [0.1, 0.15) is 25.0 Å². The predicted octanol–water partition coefficient (Wildman–Crippen LogP) is 4.39. The summed E-state index contributed by atoms with van der Waals surface area (Å²) >= 11 is 0. The molecule has 1 aromatic heterocycles. The summed E-state index contributed by atoms with van der Waals surface area (Å²) in [6.45, 7) is 8.17. The van der Waals surface area contributed by atoms with Crippen LogP contribution in [0.2, 0.25) is 0 Å². The highest BCUT2D eigenvalue weighted by atomic mass is 14.7. The summed E-state index contributed by atoms with van der Waals surface area (Å²) in [5, 5.41) is 0. The van der Waals surface area contributed by atoms with E-state index >= 15 is 0 Å². The van der Waals surface area contributed by atoms with Crippen molar-refractivity contribution in [3.8, 4) is 11.3 Å². The van der Waals surface area contributed by atoms with Crippen molar-refractivity contribution in [1.82, 2.24) is 4.98 Å². The second-order valence-electron chi connectivity index (χ2n) is 3.58. The normalized spacial score (nSPS) is 9.25. The monoisotopic (exact) mass is 213 g/mol. The third kappa shape index (κ3) is 3.20. The van der Waals surface area contributed by atoms with E-state index in [4.69, 9.17) is 0 Å². The Morgan fingerprint density at radius 1 is 0.812 bits per heavy atom. The maximum absolute atomic E-state index is 4.34. The lowest BCUT2D eigenvalue weighted by molar-refractivity contribution is 1.28. The first-order valence-corrected chi connectivity index (χ1v) is 5.75. The van der Waals surface area contributed by atoms with Crippen LogP contribution in [-0.2, 0) is 0 Å². The summed E-state index contributed by atoms with van der Waals surface area (Å²) in [6.07, 6.45) is 1.85. The Morgan fingerprint density at radius 3 is 2.00 bits per heavy atom. The SMILES string of the molecule is CC.Cc1ccc(-c2cc(C)ccn2)cc1. The zero-order valence-electron chi connectivity index (χ0n) is 10.5. The third-order valence-electron chi connectivity index (χ3n) is 2.26. The zero-order chi connectivity index (χ0) is 12.0. The van der Waals surface area contributed by atoms with Gasteiger partial charge in [0.05, 0.1) is 5.69 Å². The molecule has 2 rings (SSSR count). The lowest BCUT2D eigenvalue weighted by Gasteiger charge is -2.01. The fourth-order valence-electron chi connectivity index (χ4n) is 1.42. The van der Waals surface area contributed by atoms with E-state index in [-0.39, 0.29) is 0 Å². The Labute approximate surface area is 98.2 Å². The van der Waals surface area contributed by atoms with Crippen LogP contribution in [0.25, 0.3) is 11.3 Å². The van der Waals surface area contributed by atoms with E-state index in [0.717, 1.165) is 5.69 Å². The zero-order valence-corrected chi connectivity index (χ0v) is 10.5. The molecule has 0 radical (unpaired) electrons. The van der Waals surface area contributed by atoms with E-state index in [1.54, 1.807) is 0 Å². The number of aryl methyl sites for hydroxylation is 2. The van der Waals surface area contributed by atoms with Crippen molar-refractivity contribution in [3.63, 3.8) is 0 Å². The largest absolute Gasteiger partial charge is 0.256 e. The molecule has 0 atom stereocenters. The van der Waals surface area contributed by atoms with Gasteiger partial charge in [-0.1, -0.05) is 43.7 Å². The van der Waals surface area contributed by atoms with Crippen LogP contribution in [-0.4, -0.2) is 4.98 Å². The maximum atomic E-state index is 4.34. The van der Waals surface area contributed by atoms with Crippen LogP contribution < -0.4 is 0 Å². The molecule has 0 amide bonds. The molecule has 2 aromatic rings. The van der Waals surface area contributed by atoms with E-state index in [2.05, 4.69) is 49.2 Å². The molecule has 84 valence electrons. The average molecular weight is 213 g/mol. The number of nitrogens with zero attached hydrogens (tertiary/aromatic N) is 1. The summed E-state index contributed by atoms with van der Waals surface area (Å²) < 4.78 is 0. The van der Waals surface area contributed by atoms with Gasteiger partial charge in [0.2, 0.25) is 0 Å². The van der Waals surface area contributed by atoms with Crippen molar-refractivity contribution in [2.45, 2.75) is 27.7 Å². The highest BCUT2D eigenvalue weighted by molar-refractivity contribution is 5.59. The van der Waals surface area contributed by atoms with Crippen molar-refractivity contribution in [2.24, 2.45) is 0 Å². The molecule has 1 heteroatoms. The summed E-state index contributed by atoms with van der Waals surface area (Å²) in [5.41, 5.74) is 4.75. The van der Waals surface area contributed by atoms with E-state index in [9.17, 15) is 0 Å². The molecule has 0 aliphatic rings. The molecule has 0 N–H and O–H groups in total. The number of aromatic nitrogens is 1. The number of rotatable bonds is 1. The van der Waals surface area contributed by atoms with Crippen LogP contribution >= 0.6 is 0 Å². The molecular formula is C15H19N. The molecule has 1 aromatic carbocycles. The van der Waals surface area contributed by atoms with Crippen molar-refractivity contribution in [1.29, 1.82) is 0 Å². The summed E-state index contributed by atoms with van der Waals surface area (Å²) in [5.74, 6) is 0. The molecule has 1 nitrogen and oxygen atoms in total. The first-order chi connectivity index (χ1) is 7.75. The van der Waals surface area contributed by atoms with E-state index in [0.29, 0.717) is 0 Å². The fraction of sp³-hybridized carbons (Fsp3) is 0.267. The van der Waals surface area contributed by atoms with Gasteiger partial charge in [0.1, 0.15) is 0 Å². The van der Waals surface area contributed by atoms with Crippen LogP contribution in [0.15, 0.2) is 42.6 Å². The third-order valence-corrected chi connectivity index (χ3v) is 2.26. The van der Waals surface area contributed by atoms with Crippen molar-refractivity contribution >= 4 is 0 Å². The summed E-state index contributed by atoms with van der Waals surface area (Å²) in [6, 6.07) is 12.6.